The fourth-order valence-electron chi connectivity index (χ4n) is 2.41. The zero-order chi connectivity index (χ0) is 19.1. The van der Waals surface area contributed by atoms with Gasteiger partial charge in [0.15, 0.2) is 0 Å². The van der Waals surface area contributed by atoms with Crippen molar-refractivity contribution in [2.75, 3.05) is 17.2 Å². The maximum Gasteiger partial charge on any atom is 0.243 e. The first-order valence-corrected chi connectivity index (χ1v) is 9.12. The quantitative estimate of drug-likeness (QED) is 0.540. The lowest BCUT2D eigenvalue weighted by molar-refractivity contribution is -0.114. The van der Waals surface area contributed by atoms with Crippen molar-refractivity contribution in [3.8, 4) is 5.75 Å². The van der Waals surface area contributed by atoms with Crippen molar-refractivity contribution >= 4 is 40.5 Å². The molecule has 0 aromatic heterocycles. The smallest absolute Gasteiger partial charge is 0.243 e. The molecule has 4 nitrogen and oxygen atoms in total. The highest BCUT2D eigenvalue weighted by molar-refractivity contribution is 6.44. The van der Waals surface area contributed by atoms with Gasteiger partial charge >= 0.3 is 0 Å². The SMILES string of the molecule is O=C(CNc1cccc(OCc2ccccc2)c1)Nc1cccc(Cl)c1Cl. The number of ether oxygens (including phenoxy) is 1. The summed E-state index contributed by atoms with van der Waals surface area (Å²) >= 11 is 12.0. The van der Waals surface area contributed by atoms with Crippen molar-refractivity contribution in [2.45, 2.75) is 6.61 Å². The van der Waals surface area contributed by atoms with Crippen LogP contribution in [-0.4, -0.2) is 12.5 Å². The summed E-state index contributed by atoms with van der Waals surface area (Å²) in [4.78, 5) is 12.1. The van der Waals surface area contributed by atoms with Gasteiger partial charge in [-0.05, 0) is 29.8 Å². The Labute approximate surface area is 168 Å². The van der Waals surface area contributed by atoms with Crippen LogP contribution >= 0.6 is 23.2 Å². The zero-order valence-electron chi connectivity index (χ0n) is 14.4. The van der Waals surface area contributed by atoms with Crippen molar-refractivity contribution < 1.29 is 9.53 Å². The van der Waals surface area contributed by atoms with E-state index in [0.717, 1.165) is 17.0 Å². The molecule has 0 saturated carbocycles. The van der Waals surface area contributed by atoms with Gasteiger partial charge < -0.3 is 15.4 Å². The number of rotatable bonds is 7. The third-order valence-corrected chi connectivity index (χ3v) is 4.58. The van der Waals surface area contributed by atoms with E-state index in [0.29, 0.717) is 22.3 Å². The lowest BCUT2D eigenvalue weighted by atomic mass is 10.2. The molecule has 0 bridgehead atoms. The van der Waals surface area contributed by atoms with Crippen LogP contribution in [-0.2, 0) is 11.4 Å². The van der Waals surface area contributed by atoms with Crippen LogP contribution in [0, 0.1) is 0 Å². The number of halogens is 2. The predicted octanol–water partition coefficient (Wildman–Crippen LogP) is 5.62. The van der Waals surface area contributed by atoms with E-state index in [2.05, 4.69) is 10.6 Å². The van der Waals surface area contributed by atoms with Crippen LogP contribution in [0.5, 0.6) is 5.75 Å². The van der Waals surface area contributed by atoms with E-state index in [4.69, 9.17) is 27.9 Å². The summed E-state index contributed by atoms with van der Waals surface area (Å²) in [5.74, 6) is 0.497. The van der Waals surface area contributed by atoms with Crippen molar-refractivity contribution in [3.63, 3.8) is 0 Å². The summed E-state index contributed by atoms with van der Waals surface area (Å²) in [5.41, 5.74) is 2.36. The molecular weight excluding hydrogens is 383 g/mol. The Balaban J connectivity index is 1.53. The first-order chi connectivity index (χ1) is 13.1. The molecule has 1 amide bonds. The number of amides is 1. The molecule has 138 valence electrons. The molecule has 0 aliphatic rings. The second-order valence-corrected chi connectivity index (χ2v) is 6.59. The minimum absolute atomic E-state index is 0.0883. The zero-order valence-corrected chi connectivity index (χ0v) is 15.9. The highest BCUT2D eigenvalue weighted by Crippen LogP contribution is 2.29. The number of hydrogen-bond donors (Lipinski definition) is 2. The maximum atomic E-state index is 12.1. The van der Waals surface area contributed by atoms with Gasteiger partial charge in [0.1, 0.15) is 12.4 Å². The average Bonchev–Trinajstić information content (AvgIpc) is 2.69. The third-order valence-electron chi connectivity index (χ3n) is 3.76. The number of carbonyl (C=O) groups is 1. The lowest BCUT2D eigenvalue weighted by Crippen LogP contribution is -2.21. The Morgan fingerprint density at radius 3 is 2.52 bits per heavy atom. The summed E-state index contributed by atoms with van der Waals surface area (Å²) in [6.45, 7) is 0.572. The van der Waals surface area contributed by atoms with Crippen LogP contribution in [0.1, 0.15) is 5.56 Å². The topological polar surface area (TPSA) is 50.4 Å². The number of benzene rings is 3. The fourth-order valence-corrected chi connectivity index (χ4v) is 2.76. The Morgan fingerprint density at radius 2 is 1.70 bits per heavy atom. The van der Waals surface area contributed by atoms with Crippen LogP contribution < -0.4 is 15.4 Å². The van der Waals surface area contributed by atoms with Crippen molar-refractivity contribution in [3.05, 3.63) is 88.4 Å². The minimum atomic E-state index is -0.227. The van der Waals surface area contributed by atoms with E-state index in [1.807, 2.05) is 54.6 Å². The van der Waals surface area contributed by atoms with Gasteiger partial charge in [-0.1, -0.05) is 65.7 Å². The Kier molecular flexibility index (Phi) is 6.58. The third kappa shape index (κ3) is 5.64. The molecule has 2 N–H and O–H groups in total. The largest absolute Gasteiger partial charge is 0.489 e. The lowest BCUT2D eigenvalue weighted by Gasteiger charge is -2.11. The normalized spacial score (nSPS) is 10.3. The Bertz CT molecular complexity index is 917. The molecule has 0 spiro atoms. The summed E-state index contributed by atoms with van der Waals surface area (Å²) < 4.78 is 5.79. The van der Waals surface area contributed by atoms with Gasteiger partial charge in [0, 0.05) is 11.8 Å². The van der Waals surface area contributed by atoms with Crippen molar-refractivity contribution in [2.24, 2.45) is 0 Å². The molecule has 0 radical (unpaired) electrons. The van der Waals surface area contributed by atoms with E-state index in [9.17, 15) is 4.79 Å². The van der Waals surface area contributed by atoms with Gasteiger partial charge in [-0.15, -0.1) is 0 Å². The van der Waals surface area contributed by atoms with E-state index in [-0.39, 0.29) is 12.5 Å². The van der Waals surface area contributed by atoms with E-state index >= 15 is 0 Å². The molecule has 3 aromatic carbocycles. The van der Waals surface area contributed by atoms with Gasteiger partial charge in [-0.25, -0.2) is 0 Å². The number of nitrogens with one attached hydrogen (secondary N) is 2. The van der Waals surface area contributed by atoms with E-state index in [1.165, 1.54) is 0 Å². The molecule has 3 aromatic rings. The average molecular weight is 401 g/mol. The van der Waals surface area contributed by atoms with Crippen LogP contribution in [0.2, 0.25) is 10.0 Å². The summed E-state index contributed by atoms with van der Waals surface area (Å²) in [6.07, 6.45) is 0. The Morgan fingerprint density at radius 1 is 0.926 bits per heavy atom. The molecule has 6 heteroatoms. The first-order valence-electron chi connectivity index (χ1n) is 8.36. The fraction of sp³-hybridized carbons (Fsp3) is 0.0952. The van der Waals surface area contributed by atoms with Crippen LogP contribution in [0.25, 0.3) is 0 Å². The highest BCUT2D eigenvalue weighted by Gasteiger charge is 2.08. The maximum absolute atomic E-state index is 12.1. The van der Waals surface area contributed by atoms with Gasteiger partial charge in [-0.3, -0.25) is 4.79 Å². The number of anilines is 2. The van der Waals surface area contributed by atoms with E-state index < -0.39 is 0 Å². The molecule has 0 aliphatic heterocycles. The van der Waals surface area contributed by atoms with Crippen molar-refractivity contribution in [1.82, 2.24) is 0 Å². The molecule has 0 fully saturated rings. The molecule has 3 rings (SSSR count). The summed E-state index contributed by atoms with van der Waals surface area (Å²) in [5, 5.41) is 6.52. The molecule has 0 atom stereocenters. The van der Waals surface area contributed by atoms with Crippen LogP contribution in [0.4, 0.5) is 11.4 Å². The highest BCUT2D eigenvalue weighted by atomic mass is 35.5. The molecule has 0 saturated heterocycles. The molecule has 0 aliphatic carbocycles. The summed E-state index contributed by atoms with van der Waals surface area (Å²) in [7, 11) is 0. The van der Waals surface area contributed by atoms with Crippen molar-refractivity contribution in [1.29, 1.82) is 0 Å². The second-order valence-electron chi connectivity index (χ2n) is 5.81. The predicted molar refractivity (Wildman–Crippen MR) is 111 cm³/mol. The number of hydrogen-bond acceptors (Lipinski definition) is 3. The second kappa shape index (κ2) is 9.31. The molecule has 0 unspecified atom stereocenters. The standard InChI is InChI=1S/C21H18Cl2N2O2/c22-18-10-5-11-19(21(18)23)25-20(26)13-24-16-8-4-9-17(12-16)27-14-15-6-2-1-3-7-15/h1-12,24H,13-14H2,(H,25,26). The van der Waals surface area contributed by atoms with Gasteiger partial charge in [0.05, 0.1) is 22.3 Å². The minimum Gasteiger partial charge on any atom is -0.489 e. The van der Waals surface area contributed by atoms with E-state index in [1.54, 1.807) is 18.2 Å². The van der Waals surface area contributed by atoms with Crippen LogP contribution in [0.3, 0.4) is 0 Å². The van der Waals surface area contributed by atoms with Crippen LogP contribution in [0.15, 0.2) is 72.8 Å². The van der Waals surface area contributed by atoms with Gasteiger partial charge in [0.2, 0.25) is 5.91 Å². The molecule has 0 heterocycles. The summed E-state index contributed by atoms with van der Waals surface area (Å²) in [6, 6.07) is 22.5. The molecule has 27 heavy (non-hydrogen) atoms. The van der Waals surface area contributed by atoms with Gasteiger partial charge in [0.25, 0.3) is 0 Å². The van der Waals surface area contributed by atoms with Gasteiger partial charge in [-0.2, -0.15) is 0 Å². The molecular formula is C21H18Cl2N2O2. The number of carbonyl (C=O) groups excluding carboxylic acids is 1. The first kappa shape index (κ1) is 19.1. The monoisotopic (exact) mass is 400 g/mol. The Hall–Kier alpha value is -2.69.